The third kappa shape index (κ3) is 5.23. The van der Waals surface area contributed by atoms with Crippen LogP contribution in [0.5, 0.6) is 0 Å². The fourth-order valence-corrected chi connectivity index (χ4v) is 3.26. The van der Waals surface area contributed by atoms with Crippen LogP contribution in [0.2, 0.25) is 0 Å². The number of nitrogens with zero attached hydrogens (tertiary/aromatic N) is 4. The van der Waals surface area contributed by atoms with Gasteiger partial charge in [-0.05, 0) is 11.6 Å². The molecule has 0 unspecified atom stereocenters. The van der Waals surface area contributed by atoms with Gasteiger partial charge in [0.25, 0.3) is 11.2 Å². The maximum atomic E-state index is 12.8. The second kappa shape index (κ2) is 8.66. The molecule has 11 heteroatoms. The van der Waals surface area contributed by atoms with Crippen molar-refractivity contribution in [2.75, 3.05) is 26.2 Å². The molecule has 3 rings (SSSR count). The number of amides is 1. The van der Waals surface area contributed by atoms with Gasteiger partial charge < -0.3 is 4.90 Å². The van der Waals surface area contributed by atoms with Gasteiger partial charge in [0.2, 0.25) is 5.91 Å². The lowest BCUT2D eigenvalue weighted by Crippen LogP contribution is -2.49. The van der Waals surface area contributed by atoms with Gasteiger partial charge in [-0.15, -0.1) is 0 Å². The zero-order valence-electron chi connectivity index (χ0n) is 15.8. The molecule has 0 spiro atoms. The number of carbonyl (C=O) groups is 1. The summed E-state index contributed by atoms with van der Waals surface area (Å²) in [6.45, 7) is 1.64. The molecule has 0 saturated carbocycles. The van der Waals surface area contributed by atoms with Crippen LogP contribution in [0.15, 0.2) is 47.4 Å². The van der Waals surface area contributed by atoms with Crippen molar-refractivity contribution in [2.24, 2.45) is 0 Å². The Bertz CT molecular complexity index is 998. The zero-order chi connectivity index (χ0) is 21.9. The number of hydrogen-bond acceptors (Lipinski definition) is 5. The number of hydrogen-bond donors (Lipinski definition) is 0. The molecule has 2 aromatic rings. The van der Waals surface area contributed by atoms with E-state index in [1.807, 2.05) is 4.90 Å². The molecule has 0 N–H and O–H groups in total. The van der Waals surface area contributed by atoms with E-state index in [-0.39, 0.29) is 18.1 Å². The topological polar surface area (TPSA) is 88.7 Å². The summed E-state index contributed by atoms with van der Waals surface area (Å²) in [6, 6.07) is 7.26. The number of aromatic nitrogens is 1. The Labute approximate surface area is 169 Å². The largest absolute Gasteiger partial charge is 0.416 e. The maximum absolute atomic E-state index is 12.8. The van der Waals surface area contributed by atoms with Gasteiger partial charge in [-0.2, -0.15) is 13.2 Å². The van der Waals surface area contributed by atoms with Gasteiger partial charge in [0.1, 0.15) is 6.54 Å². The predicted octanol–water partition coefficient (Wildman–Crippen LogP) is 2.12. The van der Waals surface area contributed by atoms with Gasteiger partial charge in [0.15, 0.2) is 0 Å². The third-order valence-corrected chi connectivity index (χ3v) is 4.87. The average Bonchev–Trinajstić information content (AvgIpc) is 2.69. The van der Waals surface area contributed by atoms with Crippen LogP contribution in [-0.4, -0.2) is 51.4 Å². The lowest BCUT2D eigenvalue weighted by Gasteiger charge is -2.35. The van der Waals surface area contributed by atoms with Crippen molar-refractivity contribution in [3.05, 3.63) is 74.2 Å². The highest BCUT2D eigenvalue weighted by Gasteiger charge is 2.30. The summed E-state index contributed by atoms with van der Waals surface area (Å²) in [5.41, 5.74) is -0.964. The van der Waals surface area contributed by atoms with Gasteiger partial charge in [-0.25, -0.2) is 0 Å². The second-order valence-corrected chi connectivity index (χ2v) is 6.97. The normalized spacial score (nSPS) is 15.2. The van der Waals surface area contributed by atoms with Gasteiger partial charge in [-0.3, -0.25) is 29.2 Å². The van der Waals surface area contributed by atoms with Crippen LogP contribution in [0.25, 0.3) is 0 Å². The van der Waals surface area contributed by atoms with Crippen molar-refractivity contribution in [2.45, 2.75) is 19.3 Å². The van der Waals surface area contributed by atoms with E-state index in [0.29, 0.717) is 38.3 Å². The van der Waals surface area contributed by atoms with E-state index in [9.17, 15) is 32.9 Å². The monoisotopic (exact) mass is 424 g/mol. The smallest absolute Gasteiger partial charge is 0.339 e. The summed E-state index contributed by atoms with van der Waals surface area (Å²) in [7, 11) is 0. The zero-order valence-corrected chi connectivity index (χ0v) is 15.8. The number of halogens is 3. The van der Waals surface area contributed by atoms with Crippen LogP contribution < -0.4 is 5.56 Å². The van der Waals surface area contributed by atoms with Crippen LogP contribution in [0.4, 0.5) is 18.9 Å². The Hall–Kier alpha value is -3.21. The molecular formula is C19H19F3N4O4. The van der Waals surface area contributed by atoms with Crippen LogP contribution in [-0.2, 0) is 24.1 Å². The third-order valence-electron chi connectivity index (χ3n) is 4.87. The molecule has 0 bridgehead atoms. The average molecular weight is 424 g/mol. The highest BCUT2D eigenvalue weighted by atomic mass is 19.4. The SMILES string of the molecule is O=C(Cn1cc([N+](=O)[O-])ccc1=O)N1CCN(Cc2cccc(C(F)(F)F)c2)CC1. The van der Waals surface area contributed by atoms with E-state index in [0.717, 1.165) is 35.0 Å². The maximum Gasteiger partial charge on any atom is 0.416 e. The van der Waals surface area contributed by atoms with E-state index in [2.05, 4.69) is 0 Å². The lowest BCUT2D eigenvalue weighted by molar-refractivity contribution is -0.385. The Morgan fingerprint density at radius 2 is 1.80 bits per heavy atom. The van der Waals surface area contributed by atoms with Gasteiger partial charge >= 0.3 is 6.18 Å². The van der Waals surface area contributed by atoms with E-state index in [1.165, 1.54) is 11.0 Å². The van der Waals surface area contributed by atoms with Crippen molar-refractivity contribution >= 4 is 11.6 Å². The summed E-state index contributed by atoms with van der Waals surface area (Å²) < 4.78 is 39.5. The molecule has 1 aromatic carbocycles. The molecule has 0 radical (unpaired) electrons. The fourth-order valence-electron chi connectivity index (χ4n) is 3.26. The van der Waals surface area contributed by atoms with Crippen molar-refractivity contribution < 1.29 is 22.9 Å². The minimum absolute atomic E-state index is 0.284. The number of benzene rings is 1. The number of rotatable bonds is 5. The number of pyridine rings is 1. The summed E-state index contributed by atoms with van der Waals surface area (Å²) in [4.78, 5) is 38.0. The van der Waals surface area contributed by atoms with E-state index < -0.39 is 22.2 Å². The molecule has 1 aromatic heterocycles. The molecule has 1 amide bonds. The minimum Gasteiger partial charge on any atom is -0.339 e. The quantitative estimate of drug-likeness (QED) is 0.542. The van der Waals surface area contributed by atoms with Gasteiger partial charge in [0.05, 0.1) is 16.7 Å². The van der Waals surface area contributed by atoms with Crippen molar-refractivity contribution in [1.82, 2.24) is 14.4 Å². The summed E-state index contributed by atoms with van der Waals surface area (Å²) >= 11 is 0. The summed E-state index contributed by atoms with van der Waals surface area (Å²) in [5, 5.41) is 10.8. The van der Waals surface area contributed by atoms with Gasteiger partial charge in [-0.1, -0.05) is 18.2 Å². The molecule has 2 heterocycles. The van der Waals surface area contributed by atoms with Crippen molar-refractivity contribution in [1.29, 1.82) is 0 Å². The lowest BCUT2D eigenvalue weighted by atomic mass is 10.1. The first-order chi connectivity index (χ1) is 14.1. The molecule has 1 saturated heterocycles. The highest BCUT2D eigenvalue weighted by molar-refractivity contribution is 5.76. The molecule has 1 fully saturated rings. The van der Waals surface area contributed by atoms with Gasteiger partial charge in [0, 0.05) is 44.9 Å². The molecule has 30 heavy (non-hydrogen) atoms. The molecule has 8 nitrogen and oxygen atoms in total. The molecule has 1 aliphatic heterocycles. The molecular weight excluding hydrogens is 405 g/mol. The fraction of sp³-hybridized carbons (Fsp3) is 0.368. The minimum atomic E-state index is -4.40. The number of piperazine rings is 1. The first-order valence-electron chi connectivity index (χ1n) is 9.14. The van der Waals surface area contributed by atoms with E-state index in [1.54, 1.807) is 6.07 Å². The Morgan fingerprint density at radius 1 is 1.10 bits per heavy atom. The van der Waals surface area contributed by atoms with Crippen molar-refractivity contribution in [3.8, 4) is 0 Å². The Kier molecular flexibility index (Phi) is 6.20. The first kappa shape index (κ1) is 21.5. The molecule has 160 valence electrons. The molecule has 0 atom stereocenters. The van der Waals surface area contributed by atoms with Crippen LogP contribution in [0.3, 0.4) is 0 Å². The predicted molar refractivity (Wildman–Crippen MR) is 101 cm³/mol. The van der Waals surface area contributed by atoms with E-state index in [4.69, 9.17) is 0 Å². The summed E-state index contributed by atoms with van der Waals surface area (Å²) in [5.74, 6) is -0.351. The second-order valence-electron chi connectivity index (χ2n) is 6.97. The van der Waals surface area contributed by atoms with Crippen LogP contribution in [0, 0.1) is 10.1 Å². The number of alkyl halides is 3. The van der Waals surface area contributed by atoms with Crippen molar-refractivity contribution in [3.63, 3.8) is 0 Å². The number of carbonyl (C=O) groups excluding carboxylic acids is 1. The molecule has 1 aliphatic rings. The van der Waals surface area contributed by atoms with Crippen LogP contribution >= 0.6 is 0 Å². The Morgan fingerprint density at radius 3 is 2.43 bits per heavy atom. The standard InChI is InChI=1S/C19H19F3N4O4/c20-19(21,22)15-3-1-2-14(10-15)11-23-6-8-24(9-7-23)18(28)13-25-12-16(26(29)30)4-5-17(25)27/h1-5,10,12H,6-9,11,13H2. The van der Waals surface area contributed by atoms with Crippen LogP contribution in [0.1, 0.15) is 11.1 Å². The highest BCUT2D eigenvalue weighted by Crippen LogP contribution is 2.29. The number of nitro groups is 1. The van der Waals surface area contributed by atoms with E-state index >= 15 is 0 Å². The summed E-state index contributed by atoms with van der Waals surface area (Å²) in [6.07, 6.45) is -3.37. The molecule has 0 aliphatic carbocycles. The first-order valence-corrected chi connectivity index (χ1v) is 9.14. The Balaban J connectivity index is 1.57.